The quantitative estimate of drug-likeness (QED) is 0.456. The second kappa shape index (κ2) is 3.39. The van der Waals surface area contributed by atoms with Crippen molar-refractivity contribution < 1.29 is 9.72 Å². The molecule has 6 nitrogen and oxygen atoms in total. The largest absolute Gasteiger partial charge is 0.358 e. The van der Waals surface area contributed by atoms with Gasteiger partial charge >= 0.3 is 0 Å². The Morgan fingerprint density at radius 2 is 2.00 bits per heavy atom. The monoisotopic (exact) mass is 227 g/mol. The lowest BCUT2D eigenvalue weighted by atomic mass is 10.2. The van der Waals surface area contributed by atoms with Crippen LogP contribution in [0.3, 0.4) is 0 Å². The Morgan fingerprint density at radius 3 is 2.53 bits per heavy atom. The lowest BCUT2D eigenvalue weighted by molar-refractivity contribution is -0.384. The van der Waals surface area contributed by atoms with Gasteiger partial charge in [0.15, 0.2) is 12.5 Å². The first-order chi connectivity index (χ1) is 7.11. The van der Waals surface area contributed by atoms with Crippen LogP contribution in [0.5, 0.6) is 0 Å². The van der Waals surface area contributed by atoms with E-state index >= 15 is 0 Å². The van der Waals surface area contributed by atoms with Gasteiger partial charge in [0.25, 0.3) is 5.69 Å². The third kappa shape index (κ3) is 1.59. The number of nitrogens with one attached hydrogen (secondary N) is 2. The standard InChI is InChI=1S/C8H6ClN3O3/c9-4-1-5-6(2-7(4)12(14)15)11-8(3-13)10-5/h1-3,8,10-11H. The van der Waals surface area contributed by atoms with Gasteiger partial charge in [0.05, 0.1) is 16.3 Å². The van der Waals surface area contributed by atoms with Gasteiger partial charge in [-0.25, -0.2) is 0 Å². The summed E-state index contributed by atoms with van der Waals surface area (Å²) in [4.78, 5) is 20.5. The molecule has 2 rings (SSSR count). The predicted octanol–water partition coefficient (Wildman–Crippen LogP) is 1.61. The molecule has 0 aromatic heterocycles. The van der Waals surface area contributed by atoms with Gasteiger partial charge in [-0.1, -0.05) is 11.6 Å². The van der Waals surface area contributed by atoms with E-state index in [0.717, 1.165) is 0 Å². The summed E-state index contributed by atoms with van der Waals surface area (Å²) in [6.45, 7) is 0. The van der Waals surface area contributed by atoms with E-state index in [0.29, 0.717) is 17.7 Å². The van der Waals surface area contributed by atoms with E-state index in [-0.39, 0.29) is 10.7 Å². The number of nitrogens with zero attached hydrogens (tertiary/aromatic N) is 1. The minimum Gasteiger partial charge on any atom is -0.358 e. The number of rotatable bonds is 2. The Labute approximate surface area is 89.4 Å². The number of carbonyl (C=O) groups excluding carboxylic acids is 1. The number of nitro benzene ring substituents is 1. The van der Waals surface area contributed by atoms with Gasteiger partial charge in [0, 0.05) is 6.07 Å². The van der Waals surface area contributed by atoms with E-state index in [2.05, 4.69) is 10.6 Å². The molecule has 78 valence electrons. The summed E-state index contributed by atoms with van der Waals surface area (Å²) in [6, 6.07) is 2.72. The molecule has 0 aliphatic carbocycles. The number of carbonyl (C=O) groups is 1. The molecule has 0 radical (unpaired) electrons. The Balaban J connectivity index is 2.45. The van der Waals surface area contributed by atoms with Crippen LogP contribution in [0.15, 0.2) is 12.1 Å². The fourth-order valence-corrected chi connectivity index (χ4v) is 1.61. The van der Waals surface area contributed by atoms with Crippen LogP contribution in [0, 0.1) is 10.1 Å². The Hall–Kier alpha value is -1.82. The van der Waals surface area contributed by atoms with Crippen LogP contribution < -0.4 is 10.6 Å². The molecule has 15 heavy (non-hydrogen) atoms. The maximum absolute atomic E-state index is 10.6. The topological polar surface area (TPSA) is 84.3 Å². The smallest absolute Gasteiger partial charge is 0.290 e. The maximum Gasteiger partial charge on any atom is 0.290 e. The third-order valence-electron chi connectivity index (χ3n) is 2.04. The molecule has 2 N–H and O–H groups in total. The number of fused-ring (bicyclic) bond motifs is 1. The molecule has 1 aliphatic rings. The minimum atomic E-state index is -0.571. The molecule has 1 aliphatic heterocycles. The fourth-order valence-electron chi connectivity index (χ4n) is 1.38. The summed E-state index contributed by atoms with van der Waals surface area (Å²) in [6.07, 6.45) is 0.109. The highest BCUT2D eigenvalue weighted by molar-refractivity contribution is 6.33. The van der Waals surface area contributed by atoms with Crippen LogP contribution in [0.1, 0.15) is 0 Å². The number of halogens is 1. The predicted molar refractivity (Wildman–Crippen MR) is 55.2 cm³/mol. The number of benzene rings is 1. The number of aldehydes is 1. The van der Waals surface area contributed by atoms with Crippen molar-refractivity contribution in [2.45, 2.75) is 6.17 Å². The zero-order valence-electron chi connectivity index (χ0n) is 7.36. The Bertz CT molecular complexity index is 449. The fraction of sp³-hybridized carbons (Fsp3) is 0.125. The van der Waals surface area contributed by atoms with Crippen molar-refractivity contribution in [2.75, 3.05) is 10.6 Å². The summed E-state index contributed by atoms with van der Waals surface area (Å²) in [7, 11) is 0. The lowest BCUT2D eigenvalue weighted by Crippen LogP contribution is -2.22. The van der Waals surface area contributed by atoms with Crippen molar-refractivity contribution >= 4 is 34.9 Å². The van der Waals surface area contributed by atoms with Crippen LogP contribution >= 0.6 is 11.6 Å². The van der Waals surface area contributed by atoms with E-state index in [1.807, 2.05) is 0 Å². The molecule has 7 heteroatoms. The Kier molecular flexibility index (Phi) is 2.20. The summed E-state index contributed by atoms with van der Waals surface area (Å²) in [5.41, 5.74) is 0.905. The van der Waals surface area contributed by atoms with Gasteiger partial charge in [-0.15, -0.1) is 0 Å². The van der Waals surface area contributed by atoms with Crippen LogP contribution in [-0.4, -0.2) is 17.4 Å². The maximum atomic E-state index is 10.6. The molecular weight excluding hydrogens is 222 g/mol. The minimum absolute atomic E-state index is 0.0413. The van der Waals surface area contributed by atoms with Gasteiger partial charge in [-0.3, -0.25) is 14.9 Å². The molecular formula is C8H6ClN3O3. The zero-order valence-corrected chi connectivity index (χ0v) is 8.12. The second-order valence-electron chi connectivity index (χ2n) is 3.01. The summed E-state index contributed by atoms with van der Waals surface area (Å²) in [5.74, 6) is 0. The number of nitro groups is 1. The first-order valence-corrected chi connectivity index (χ1v) is 4.46. The second-order valence-corrected chi connectivity index (χ2v) is 3.42. The highest BCUT2D eigenvalue weighted by atomic mass is 35.5. The summed E-state index contributed by atoms with van der Waals surface area (Å²) in [5, 5.41) is 16.2. The number of anilines is 2. The van der Waals surface area contributed by atoms with Crippen LogP contribution in [-0.2, 0) is 4.79 Å². The molecule has 0 fully saturated rings. The molecule has 0 saturated carbocycles. The first-order valence-electron chi connectivity index (χ1n) is 4.08. The average Bonchev–Trinajstić information content (AvgIpc) is 2.58. The van der Waals surface area contributed by atoms with Gasteiger partial charge in [0.1, 0.15) is 5.02 Å². The van der Waals surface area contributed by atoms with Crippen molar-refractivity contribution in [2.24, 2.45) is 0 Å². The van der Waals surface area contributed by atoms with Crippen molar-refractivity contribution in [1.29, 1.82) is 0 Å². The van der Waals surface area contributed by atoms with Crippen LogP contribution in [0.25, 0.3) is 0 Å². The highest BCUT2D eigenvalue weighted by Crippen LogP contribution is 2.37. The zero-order chi connectivity index (χ0) is 11.0. The van der Waals surface area contributed by atoms with E-state index in [9.17, 15) is 14.9 Å². The lowest BCUT2D eigenvalue weighted by Gasteiger charge is -2.00. The van der Waals surface area contributed by atoms with Gasteiger partial charge in [-0.2, -0.15) is 0 Å². The molecule has 1 unspecified atom stereocenters. The number of hydrogen-bond donors (Lipinski definition) is 2. The van der Waals surface area contributed by atoms with Crippen molar-refractivity contribution in [3.05, 3.63) is 27.3 Å². The average molecular weight is 228 g/mol. The number of hydrogen-bond acceptors (Lipinski definition) is 5. The van der Waals surface area contributed by atoms with Crippen molar-refractivity contribution in [3.63, 3.8) is 0 Å². The third-order valence-corrected chi connectivity index (χ3v) is 2.34. The molecule has 1 aromatic rings. The highest BCUT2D eigenvalue weighted by Gasteiger charge is 2.24. The molecule has 1 heterocycles. The van der Waals surface area contributed by atoms with Gasteiger partial charge < -0.3 is 10.6 Å². The SMILES string of the molecule is O=CC1Nc2cc(Cl)c([N+](=O)[O-])cc2N1. The normalized spacial score (nSPS) is 17.5. The van der Waals surface area contributed by atoms with E-state index < -0.39 is 11.1 Å². The van der Waals surface area contributed by atoms with Crippen LogP contribution in [0.4, 0.5) is 17.1 Å². The molecule has 0 bridgehead atoms. The van der Waals surface area contributed by atoms with E-state index in [1.165, 1.54) is 12.1 Å². The van der Waals surface area contributed by atoms with E-state index in [1.54, 1.807) is 0 Å². The van der Waals surface area contributed by atoms with E-state index in [4.69, 9.17) is 11.6 Å². The first kappa shape index (κ1) is 9.72. The molecule has 0 saturated heterocycles. The summed E-state index contributed by atoms with van der Waals surface area (Å²) < 4.78 is 0. The van der Waals surface area contributed by atoms with Crippen molar-refractivity contribution in [1.82, 2.24) is 0 Å². The van der Waals surface area contributed by atoms with Gasteiger partial charge in [0.2, 0.25) is 0 Å². The molecule has 1 aromatic carbocycles. The Morgan fingerprint density at radius 1 is 1.40 bits per heavy atom. The van der Waals surface area contributed by atoms with Crippen LogP contribution in [0.2, 0.25) is 5.02 Å². The molecule has 1 atom stereocenters. The van der Waals surface area contributed by atoms with Crippen molar-refractivity contribution in [3.8, 4) is 0 Å². The molecule has 0 amide bonds. The van der Waals surface area contributed by atoms with Gasteiger partial charge in [-0.05, 0) is 6.07 Å². The molecule has 0 spiro atoms. The summed E-state index contributed by atoms with van der Waals surface area (Å²) >= 11 is 5.70.